The molecule has 4 rings (SSSR count). The van der Waals surface area contributed by atoms with Crippen LogP contribution in [-0.4, -0.2) is 34.0 Å². The number of hydrogen-bond donors (Lipinski definition) is 2. The predicted molar refractivity (Wildman–Crippen MR) is 139 cm³/mol. The first-order valence-electron chi connectivity index (χ1n) is 10.9. The number of fused-ring (bicyclic) bond motifs is 1. The zero-order chi connectivity index (χ0) is 25.7. The summed E-state index contributed by atoms with van der Waals surface area (Å²) >= 11 is 1.31. The van der Waals surface area contributed by atoms with E-state index in [4.69, 9.17) is 9.47 Å². The van der Waals surface area contributed by atoms with Crippen LogP contribution in [0.4, 0.5) is 5.69 Å². The summed E-state index contributed by atoms with van der Waals surface area (Å²) in [6.07, 6.45) is 0. The van der Waals surface area contributed by atoms with Gasteiger partial charge in [-0.3, -0.25) is 4.79 Å². The molecule has 0 bridgehead atoms. The van der Waals surface area contributed by atoms with Gasteiger partial charge in [-0.2, -0.15) is 0 Å². The number of carbonyl (C=O) groups is 2. The molecule has 0 radical (unpaired) electrons. The summed E-state index contributed by atoms with van der Waals surface area (Å²) in [5.41, 5.74) is 2.00. The molecule has 8 nitrogen and oxygen atoms in total. The standard InChI is InChI=1S/C26H24N2O6S2/c1-17-12-21(36(31,32)27-15-18-6-4-3-5-7-18)9-10-22(17)34-16-25(29)28-20-8-11-23-19(13-20)14-24(35-23)26(30)33-2/h3-14,27H,15-16H2,1-2H3,(H,28,29). The molecule has 0 saturated heterocycles. The zero-order valence-electron chi connectivity index (χ0n) is 19.6. The maximum atomic E-state index is 12.6. The number of anilines is 1. The van der Waals surface area contributed by atoms with Crippen molar-refractivity contribution in [2.75, 3.05) is 19.0 Å². The highest BCUT2D eigenvalue weighted by atomic mass is 32.2. The fourth-order valence-electron chi connectivity index (χ4n) is 3.47. The van der Waals surface area contributed by atoms with Gasteiger partial charge >= 0.3 is 5.97 Å². The number of hydrogen-bond acceptors (Lipinski definition) is 7. The van der Waals surface area contributed by atoms with Crippen molar-refractivity contribution in [2.24, 2.45) is 0 Å². The second-order valence-electron chi connectivity index (χ2n) is 7.93. The molecule has 186 valence electrons. The lowest BCUT2D eigenvalue weighted by atomic mass is 10.2. The Morgan fingerprint density at radius 1 is 0.972 bits per heavy atom. The first kappa shape index (κ1) is 25.4. The van der Waals surface area contributed by atoms with Crippen molar-refractivity contribution >= 4 is 49.0 Å². The number of amides is 1. The summed E-state index contributed by atoms with van der Waals surface area (Å²) in [5.74, 6) is -0.377. The van der Waals surface area contributed by atoms with E-state index in [1.807, 2.05) is 36.4 Å². The highest BCUT2D eigenvalue weighted by molar-refractivity contribution is 7.89. The van der Waals surface area contributed by atoms with E-state index in [1.165, 1.54) is 36.6 Å². The van der Waals surface area contributed by atoms with Crippen molar-refractivity contribution < 1.29 is 27.5 Å². The van der Waals surface area contributed by atoms with Crippen LogP contribution in [-0.2, 0) is 26.1 Å². The molecule has 0 aliphatic rings. The SMILES string of the molecule is COC(=O)c1cc2cc(NC(=O)COc3ccc(S(=O)(=O)NCc4ccccc4)cc3C)ccc2s1. The van der Waals surface area contributed by atoms with Crippen LogP contribution in [0.15, 0.2) is 77.7 Å². The average Bonchev–Trinajstić information content (AvgIpc) is 3.30. The van der Waals surface area contributed by atoms with Crippen molar-refractivity contribution in [3.05, 3.63) is 88.8 Å². The number of methoxy groups -OCH3 is 1. The molecular formula is C26H24N2O6S2. The molecule has 0 saturated carbocycles. The van der Waals surface area contributed by atoms with Gasteiger partial charge in [0.15, 0.2) is 6.61 Å². The van der Waals surface area contributed by atoms with Crippen LogP contribution in [0.1, 0.15) is 20.8 Å². The number of ether oxygens (including phenoxy) is 2. The molecule has 0 fully saturated rings. The van der Waals surface area contributed by atoms with Crippen LogP contribution < -0.4 is 14.8 Å². The Morgan fingerprint density at radius 2 is 1.75 bits per heavy atom. The van der Waals surface area contributed by atoms with Gasteiger partial charge in [0.25, 0.3) is 5.91 Å². The Hall–Kier alpha value is -3.73. The lowest BCUT2D eigenvalue weighted by molar-refractivity contribution is -0.118. The van der Waals surface area contributed by atoms with Gasteiger partial charge in [0.1, 0.15) is 10.6 Å². The second kappa shape index (κ2) is 10.9. The maximum absolute atomic E-state index is 12.6. The van der Waals surface area contributed by atoms with Gasteiger partial charge in [-0.15, -0.1) is 11.3 Å². The summed E-state index contributed by atoms with van der Waals surface area (Å²) in [5, 5.41) is 3.58. The number of nitrogens with one attached hydrogen (secondary N) is 2. The van der Waals surface area contributed by atoms with Gasteiger partial charge in [0, 0.05) is 16.9 Å². The molecule has 2 N–H and O–H groups in total. The number of sulfonamides is 1. The summed E-state index contributed by atoms with van der Waals surface area (Å²) in [6, 6.07) is 20.8. The molecular weight excluding hydrogens is 500 g/mol. The minimum Gasteiger partial charge on any atom is -0.483 e. The monoisotopic (exact) mass is 524 g/mol. The van der Waals surface area contributed by atoms with Gasteiger partial charge < -0.3 is 14.8 Å². The van der Waals surface area contributed by atoms with Gasteiger partial charge in [-0.05, 0) is 65.9 Å². The van der Waals surface area contributed by atoms with E-state index in [0.29, 0.717) is 21.9 Å². The molecule has 0 spiro atoms. The lowest BCUT2D eigenvalue weighted by Gasteiger charge is -2.12. The lowest BCUT2D eigenvalue weighted by Crippen LogP contribution is -2.23. The Kier molecular flexibility index (Phi) is 7.68. The third-order valence-electron chi connectivity index (χ3n) is 5.31. The Balaban J connectivity index is 1.35. The molecule has 4 aromatic rings. The van der Waals surface area contributed by atoms with E-state index in [9.17, 15) is 18.0 Å². The Labute approximate surface area is 212 Å². The van der Waals surface area contributed by atoms with E-state index in [1.54, 1.807) is 25.1 Å². The fourth-order valence-corrected chi connectivity index (χ4v) is 5.53. The molecule has 1 heterocycles. The van der Waals surface area contributed by atoms with Crippen LogP contribution in [0.2, 0.25) is 0 Å². The predicted octanol–water partition coefficient (Wildman–Crippen LogP) is 4.49. The molecule has 10 heteroatoms. The van der Waals surface area contributed by atoms with E-state index in [2.05, 4.69) is 10.0 Å². The van der Waals surface area contributed by atoms with Crippen molar-refractivity contribution in [1.29, 1.82) is 0 Å². The molecule has 1 amide bonds. The Morgan fingerprint density at radius 3 is 2.47 bits per heavy atom. The van der Waals surface area contributed by atoms with E-state index in [-0.39, 0.29) is 24.0 Å². The van der Waals surface area contributed by atoms with E-state index >= 15 is 0 Å². The van der Waals surface area contributed by atoms with Crippen LogP contribution in [0.5, 0.6) is 5.75 Å². The van der Waals surface area contributed by atoms with E-state index in [0.717, 1.165) is 15.6 Å². The number of thiophene rings is 1. The van der Waals surface area contributed by atoms with Gasteiger partial charge in [-0.25, -0.2) is 17.9 Å². The first-order valence-corrected chi connectivity index (χ1v) is 13.2. The molecule has 3 aromatic carbocycles. The number of rotatable bonds is 9. The number of esters is 1. The van der Waals surface area contributed by atoms with Gasteiger partial charge in [-0.1, -0.05) is 30.3 Å². The fraction of sp³-hybridized carbons (Fsp3) is 0.154. The van der Waals surface area contributed by atoms with Crippen LogP contribution in [0.3, 0.4) is 0 Å². The van der Waals surface area contributed by atoms with Gasteiger partial charge in [0.2, 0.25) is 10.0 Å². The topological polar surface area (TPSA) is 111 Å². The average molecular weight is 525 g/mol. The minimum atomic E-state index is -3.71. The second-order valence-corrected chi connectivity index (χ2v) is 10.8. The van der Waals surface area contributed by atoms with Crippen LogP contribution in [0.25, 0.3) is 10.1 Å². The van der Waals surface area contributed by atoms with Crippen molar-refractivity contribution in [2.45, 2.75) is 18.4 Å². The molecule has 0 aliphatic heterocycles. The zero-order valence-corrected chi connectivity index (χ0v) is 21.2. The summed E-state index contributed by atoms with van der Waals surface area (Å²) in [6.45, 7) is 1.64. The normalized spacial score (nSPS) is 11.3. The maximum Gasteiger partial charge on any atom is 0.348 e. The smallest absolute Gasteiger partial charge is 0.348 e. The molecule has 36 heavy (non-hydrogen) atoms. The van der Waals surface area contributed by atoms with Crippen LogP contribution in [0, 0.1) is 6.92 Å². The number of aryl methyl sites for hydroxylation is 1. The highest BCUT2D eigenvalue weighted by Crippen LogP contribution is 2.29. The minimum absolute atomic E-state index is 0.114. The molecule has 0 unspecified atom stereocenters. The molecule has 0 aliphatic carbocycles. The summed E-state index contributed by atoms with van der Waals surface area (Å²) in [4.78, 5) is 24.7. The van der Waals surface area contributed by atoms with Gasteiger partial charge in [0.05, 0.1) is 12.0 Å². The van der Waals surface area contributed by atoms with E-state index < -0.39 is 16.0 Å². The summed E-state index contributed by atoms with van der Waals surface area (Å²) in [7, 11) is -2.38. The quantitative estimate of drug-likeness (QED) is 0.312. The highest BCUT2D eigenvalue weighted by Gasteiger charge is 2.16. The molecule has 1 aromatic heterocycles. The van der Waals surface area contributed by atoms with Crippen LogP contribution >= 0.6 is 11.3 Å². The third-order valence-corrected chi connectivity index (χ3v) is 7.81. The Bertz CT molecular complexity index is 1510. The van der Waals surface area contributed by atoms with Crippen molar-refractivity contribution in [1.82, 2.24) is 4.72 Å². The number of carbonyl (C=O) groups excluding carboxylic acids is 2. The molecule has 0 atom stereocenters. The number of benzene rings is 3. The first-order chi connectivity index (χ1) is 17.2. The van der Waals surface area contributed by atoms with Crippen molar-refractivity contribution in [3.8, 4) is 5.75 Å². The largest absolute Gasteiger partial charge is 0.483 e. The third kappa shape index (κ3) is 6.09. The summed E-state index contributed by atoms with van der Waals surface area (Å²) < 4.78 is 39.1. The van der Waals surface area contributed by atoms with Crippen molar-refractivity contribution in [3.63, 3.8) is 0 Å².